The molecule has 6 nitrogen and oxygen atoms in total. The van der Waals surface area contributed by atoms with Crippen LogP contribution in [-0.2, 0) is 0 Å². The maximum absolute atomic E-state index is 5.63. The molecule has 0 bridgehead atoms. The number of nitrogens with zero attached hydrogens (tertiary/aromatic N) is 4. The minimum Gasteiger partial charge on any atom is -0.375 e. The van der Waals surface area contributed by atoms with Crippen molar-refractivity contribution in [3.05, 3.63) is 29.3 Å². The number of nitrogens with two attached hydrogens (primary N) is 1. The van der Waals surface area contributed by atoms with E-state index < -0.39 is 0 Å². The first-order chi connectivity index (χ1) is 8.72. The zero-order valence-corrected chi connectivity index (χ0v) is 10.6. The highest BCUT2D eigenvalue weighted by Gasteiger charge is 2.14. The number of aromatic nitrogens is 2. The topological polar surface area (TPSA) is 79.4 Å². The zero-order valence-electron chi connectivity index (χ0n) is 9.79. The van der Waals surface area contributed by atoms with E-state index in [1.165, 1.54) is 11.3 Å². The predicted octanol–water partition coefficient (Wildman–Crippen LogP) is 0.941. The molecule has 92 valence electrons. The van der Waals surface area contributed by atoms with Crippen molar-refractivity contribution in [2.45, 2.75) is 0 Å². The molecule has 18 heavy (non-hydrogen) atoms. The lowest BCUT2D eigenvalue weighted by Gasteiger charge is -2.02. The first kappa shape index (κ1) is 11.1. The highest BCUT2D eigenvalue weighted by molar-refractivity contribution is 7.13. The van der Waals surface area contributed by atoms with Gasteiger partial charge >= 0.3 is 0 Å². The van der Waals surface area contributed by atoms with Crippen LogP contribution in [0.1, 0.15) is 5.69 Å². The molecule has 1 aliphatic rings. The van der Waals surface area contributed by atoms with Gasteiger partial charge in [0.15, 0.2) is 5.13 Å². The number of nitrogens with one attached hydrogen (secondary N) is 1. The van der Waals surface area contributed by atoms with Gasteiger partial charge in [-0.2, -0.15) is 5.10 Å². The largest absolute Gasteiger partial charge is 0.375 e. The number of hydrogen-bond donors (Lipinski definition) is 2. The maximum Gasteiger partial charge on any atom is 0.180 e. The smallest absolute Gasteiger partial charge is 0.180 e. The Bertz CT molecular complexity index is 605. The Hall–Kier alpha value is -1.99. The molecular weight excluding hydrogens is 248 g/mol. The third-order valence-electron chi connectivity index (χ3n) is 2.58. The molecule has 1 aliphatic heterocycles. The summed E-state index contributed by atoms with van der Waals surface area (Å²) in [5, 5.41) is 8.48. The van der Waals surface area contributed by atoms with Gasteiger partial charge in [-0.1, -0.05) is 6.07 Å². The van der Waals surface area contributed by atoms with E-state index in [9.17, 15) is 0 Å². The predicted molar refractivity (Wildman–Crippen MR) is 72.1 cm³/mol. The van der Waals surface area contributed by atoms with E-state index in [-0.39, 0.29) is 0 Å². The number of hydrazone groups is 1. The van der Waals surface area contributed by atoms with Crippen molar-refractivity contribution < 1.29 is 0 Å². The fourth-order valence-electron chi connectivity index (χ4n) is 1.73. The third kappa shape index (κ3) is 2.05. The molecular formula is C11H12N6S. The first-order valence-corrected chi connectivity index (χ1v) is 6.34. The van der Waals surface area contributed by atoms with Crippen LogP contribution in [-0.4, -0.2) is 34.4 Å². The van der Waals surface area contributed by atoms with Crippen LogP contribution < -0.4 is 11.2 Å². The third-order valence-corrected chi connectivity index (χ3v) is 3.25. The molecule has 0 aliphatic carbocycles. The summed E-state index contributed by atoms with van der Waals surface area (Å²) in [6.45, 7) is 0.687. The van der Waals surface area contributed by atoms with E-state index in [0.717, 1.165) is 22.8 Å². The number of hydrogen-bond acceptors (Lipinski definition) is 7. The van der Waals surface area contributed by atoms with Crippen LogP contribution in [0.25, 0.3) is 11.4 Å². The number of rotatable bonds is 2. The van der Waals surface area contributed by atoms with Gasteiger partial charge in [0.05, 0.1) is 17.9 Å². The molecule has 0 amide bonds. The van der Waals surface area contributed by atoms with E-state index in [0.29, 0.717) is 11.7 Å². The molecule has 2 aromatic heterocycles. The summed E-state index contributed by atoms with van der Waals surface area (Å²) in [5.41, 5.74) is 12.1. The number of thiazole rings is 1. The van der Waals surface area contributed by atoms with E-state index in [2.05, 4.69) is 20.5 Å². The quantitative estimate of drug-likeness (QED) is 0.840. The Morgan fingerprint density at radius 3 is 2.78 bits per heavy atom. The van der Waals surface area contributed by atoms with Crippen LogP contribution in [0.15, 0.2) is 28.7 Å². The van der Waals surface area contributed by atoms with Gasteiger partial charge in [-0.15, -0.1) is 11.3 Å². The normalized spacial score (nSPS) is 14.9. The van der Waals surface area contributed by atoms with Crippen molar-refractivity contribution in [3.63, 3.8) is 0 Å². The highest BCUT2D eigenvalue weighted by Crippen LogP contribution is 2.21. The molecule has 3 heterocycles. The molecule has 0 saturated heterocycles. The molecule has 0 radical (unpaired) electrons. The van der Waals surface area contributed by atoms with Gasteiger partial charge in [0.2, 0.25) is 0 Å². The van der Waals surface area contributed by atoms with Gasteiger partial charge in [0, 0.05) is 12.4 Å². The van der Waals surface area contributed by atoms with E-state index in [1.807, 2.05) is 30.6 Å². The van der Waals surface area contributed by atoms with Crippen molar-refractivity contribution in [1.82, 2.24) is 20.5 Å². The van der Waals surface area contributed by atoms with Crippen LogP contribution in [0.4, 0.5) is 5.13 Å². The van der Waals surface area contributed by atoms with Gasteiger partial charge < -0.3 is 5.73 Å². The second-order valence-corrected chi connectivity index (χ2v) is 4.77. The number of hydrazine groups is 1. The summed E-state index contributed by atoms with van der Waals surface area (Å²) in [4.78, 5) is 8.80. The van der Waals surface area contributed by atoms with Gasteiger partial charge in [-0.25, -0.2) is 20.5 Å². The van der Waals surface area contributed by atoms with Crippen LogP contribution in [0.3, 0.4) is 0 Å². The summed E-state index contributed by atoms with van der Waals surface area (Å²) in [6, 6.07) is 5.82. The maximum atomic E-state index is 5.63. The fourth-order valence-corrected chi connectivity index (χ4v) is 2.28. The molecule has 0 spiro atoms. The SMILES string of the molecule is CN1N=C(c2cccc(-c3csc(N)n3)n2)CN1. The minimum absolute atomic E-state index is 0.553. The molecule has 0 aromatic carbocycles. The Morgan fingerprint density at radius 2 is 2.11 bits per heavy atom. The van der Waals surface area contributed by atoms with Crippen molar-refractivity contribution in [2.24, 2.45) is 5.10 Å². The molecule has 3 N–H and O–H groups in total. The molecule has 7 heteroatoms. The van der Waals surface area contributed by atoms with Crippen molar-refractivity contribution in [2.75, 3.05) is 19.3 Å². The second kappa shape index (κ2) is 4.35. The minimum atomic E-state index is 0.553. The van der Waals surface area contributed by atoms with Crippen molar-refractivity contribution in [1.29, 1.82) is 0 Å². The highest BCUT2D eigenvalue weighted by atomic mass is 32.1. The zero-order chi connectivity index (χ0) is 12.5. The number of nitrogen functional groups attached to an aromatic ring is 1. The molecule has 0 saturated carbocycles. The summed E-state index contributed by atoms with van der Waals surface area (Å²) in [7, 11) is 1.86. The summed E-state index contributed by atoms with van der Waals surface area (Å²) >= 11 is 1.41. The van der Waals surface area contributed by atoms with Crippen LogP contribution >= 0.6 is 11.3 Å². The molecule has 0 atom stereocenters. The summed E-state index contributed by atoms with van der Waals surface area (Å²) < 4.78 is 0. The molecule has 2 aromatic rings. The average molecular weight is 260 g/mol. The van der Waals surface area contributed by atoms with Crippen molar-refractivity contribution in [3.8, 4) is 11.4 Å². The lowest BCUT2D eigenvalue weighted by molar-refractivity contribution is 0.289. The number of pyridine rings is 1. The second-order valence-electron chi connectivity index (χ2n) is 3.88. The molecule has 3 rings (SSSR count). The van der Waals surface area contributed by atoms with Gasteiger partial charge in [-0.3, -0.25) is 0 Å². The van der Waals surface area contributed by atoms with E-state index in [1.54, 1.807) is 5.12 Å². The lowest BCUT2D eigenvalue weighted by atomic mass is 10.2. The van der Waals surface area contributed by atoms with Crippen molar-refractivity contribution >= 4 is 22.2 Å². The fraction of sp³-hybridized carbons (Fsp3) is 0.182. The Labute approximate surface area is 108 Å². The summed E-state index contributed by atoms with van der Waals surface area (Å²) in [6.07, 6.45) is 0. The first-order valence-electron chi connectivity index (χ1n) is 5.46. The van der Waals surface area contributed by atoms with Crippen LogP contribution in [0.2, 0.25) is 0 Å². The lowest BCUT2D eigenvalue weighted by Crippen LogP contribution is -2.25. The monoisotopic (exact) mass is 260 g/mol. The average Bonchev–Trinajstić information content (AvgIpc) is 2.98. The van der Waals surface area contributed by atoms with Gasteiger partial charge in [0.1, 0.15) is 11.4 Å². The van der Waals surface area contributed by atoms with Crippen LogP contribution in [0.5, 0.6) is 0 Å². The van der Waals surface area contributed by atoms with E-state index >= 15 is 0 Å². The number of anilines is 1. The summed E-state index contributed by atoms with van der Waals surface area (Å²) in [5.74, 6) is 0. The van der Waals surface area contributed by atoms with Gasteiger partial charge in [-0.05, 0) is 12.1 Å². The Balaban J connectivity index is 1.97. The van der Waals surface area contributed by atoms with E-state index in [4.69, 9.17) is 5.73 Å². The van der Waals surface area contributed by atoms with Gasteiger partial charge in [0.25, 0.3) is 0 Å². The Kier molecular flexibility index (Phi) is 2.69. The molecule has 0 unspecified atom stereocenters. The molecule has 0 fully saturated rings. The Morgan fingerprint density at radius 1 is 1.28 bits per heavy atom. The standard InChI is InChI=1S/C11H12N6S/c1-17-13-5-9(16-17)7-3-2-4-8(14-7)10-6-18-11(12)15-10/h2-4,6,13H,5H2,1H3,(H2,12,15). The van der Waals surface area contributed by atoms with Crippen LogP contribution in [0, 0.1) is 0 Å².